The maximum Gasteiger partial charge on any atom is 0.340 e. The number of hydrogen-bond acceptors (Lipinski definition) is 6. The summed E-state index contributed by atoms with van der Waals surface area (Å²) in [6.45, 7) is 1.43. The monoisotopic (exact) mass is 413 g/mol. The van der Waals surface area contributed by atoms with Gasteiger partial charge in [-0.1, -0.05) is 30.3 Å². The van der Waals surface area contributed by atoms with Crippen molar-refractivity contribution in [2.24, 2.45) is 10.2 Å². The van der Waals surface area contributed by atoms with Gasteiger partial charge >= 0.3 is 5.97 Å². The predicted molar refractivity (Wildman–Crippen MR) is 116 cm³/mol. The van der Waals surface area contributed by atoms with E-state index < -0.39 is 5.97 Å². The van der Waals surface area contributed by atoms with Crippen LogP contribution in [-0.2, 0) is 4.74 Å². The molecule has 0 aliphatic heterocycles. The molecule has 0 aliphatic rings. The number of carbonyl (C=O) groups excluding carboxylic acids is 2. The quantitative estimate of drug-likeness (QED) is 0.242. The molecule has 4 aromatic rings. The summed E-state index contributed by atoms with van der Waals surface area (Å²) < 4.78 is 5.29. The number of rotatable bonds is 6. The summed E-state index contributed by atoms with van der Waals surface area (Å²) in [5, 5.41) is 18.3. The average Bonchev–Trinajstić information content (AvgIpc) is 3.13. The fraction of sp³-hybridized carbons (Fsp3) is 0.0833. The Morgan fingerprint density at radius 2 is 1.65 bits per heavy atom. The van der Waals surface area contributed by atoms with Crippen molar-refractivity contribution in [1.29, 1.82) is 0 Å². The number of ketones is 1. The van der Waals surface area contributed by atoms with Gasteiger partial charge in [-0.15, -0.1) is 5.11 Å². The SMILES string of the molecule is Cc1[nH]c2ccccc2c1C(=O)COC(=O)c1ccccc1N=Nc1ccc(O)cc1. The third kappa shape index (κ3) is 4.35. The summed E-state index contributed by atoms with van der Waals surface area (Å²) in [6.07, 6.45) is 0. The van der Waals surface area contributed by atoms with E-state index in [4.69, 9.17) is 4.74 Å². The van der Waals surface area contributed by atoms with Crippen molar-refractivity contribution in [3.63, 3.8) is 0 Å². The molecule has 1 heterocycles. The van der Waals surface area contributed by atoms with Crippen LogP contribution in [0.5, 0.6) is 5.75 Å². The molecule has 0 amide bonds. The third-order valence-corrected chi connectivity index (χ3v) is 4.75. The van der Waals surface area contributed by atoms with Crippen molar-refractivity contribution in [2.75, 3.05) is 6.61 Å². The number of fused-ring (bicyclic) bond motifs is 1. The van der Waals surface area contributed by atoms with Crippen molar-refractivity contribution in [3.05, 3.63) is 89.6 Å². The molecule has 0 bridgehead atoms. The molecule has 0 aliphatic carbocycles. The maximum absolute atomic E-state index is 12.7. The van der Waals surface area contributed by atoms with E-state index in [1.54, 1.807) is 36.4 Å². The normalized spacial score (nSPS) is 11.1. The predicted octanol–water partition coefficient (Wildman–Crippen LogP) is 5.64. The Hall–Kier alpha value is -4.26. The molecule has 1 aromatic heterocycles. The minimum absolute atomic E-state index is 0.123. The average molecular weight is 413 g/mol. The van der Waals surface area contributed by atoms with Crippen LogP contribution in [0.1, 0.15) is 26.4 Å². The van der Waals surface area contributed by atoms with Crippen LogP contribution in [0.15, 0.2) is 83.0 Å². The molecule has 0 unspecified atom stereocenters. The van der Waals surface area contributed by atoms with E-state index in [9.17, 15) is 14.7 Å². The number of phenolic OH excluding ortho intramolecular Hbond substituents is 1. The van der Waals surface area contributed by atoms with Gasteiger partial charge < -0.3 is 14.8 Å². The molecule has 7 nitrogen and oxygen atoms in total. The standard InChI is InChI=1S/C24H19N3O4/c1-15-23(18-6-2-4-8-20(18)25-15)22(29)14-31-24(30)19-7-3-5-9-21(19)27-26-16-10-12-17(28)13-11-16/h2-13,25,28H,14H2,1H3. The molecule has 154 valence electrons. The van der Waals surface area contributed by atoms with Gasteiger partial charge in [0.25, 0.3) is 0 Å². The van der Waals surface area contributed by atoms with E-state index in [2.05, 4.69) is 15.2 Å². The van der Waals surface area contributed by atoms with Crippen LogP contribution in [0.25, 0.3) is 10.9 Å². The lowest BCUT2D eigenvalue weighted by molar-refractivity contribution is 0.0475. The first-order chi connectivity index (χ1) is 15.0. The lowest BCUT2D eigenvalue weighted by atomic mass is 10.1. The molecule has 7 heteroatoms. The Morgan fingerprint density at radius 3 is 2.45 bits per heavy atom. The van der Waals surface area contributed by atoms with Crippen LogP contribution in [0.4, 0.5) is 11.4 Å². The van der Waals surface area contributed by atoms with Crippen LogP contribution in [0, 0.1) is 6.92 Å². The molecule has 31 heavy (non-hydrogen) atoms. The number of azo groups is 1. The van der Waals surface area contributed by atoms with E-state index in [0.29, 0.717) is 16.9 Å². The van der Waals surface area contributed by atoms with Crippen molar-refractivity contribution < 1.29 is 19.4 Å². The fourth-order valence-electron chi connectivity index (χ4n) is 3.28. The summed E-state index contributed by atoms with van der Waals surface area (Å²) in [6, 6.07) is 20.3. The number of H-pyrrole nitrogens is 1. The number of esters is 1. The highest BCUT2D eigenvalue weighted by Crippen LogP contribution is 2.25. The van der Waals surface area contributed by atoms with Gasteiger partial charge in [0.2, 0.25) is 5.78 Å². The Balaban J connectivity index is 1.49. The molecule has 0 radical (unpaired) electrons. The zero-order valence-electron chi connectivity index (χ0n) is 16.7. The second kappa shape index (κ2) is 8.62. The van der Waals surface area contributed by atoms with Crippen molar-refractivity contribution in [1.82, 2.24) is 4.98 Å². The topological polar surface area (TPSA) is 104 Å². The second-order valence-electron chi connectivity index (χ2n) is 6.90. The Morgan fingerprint density at radius 1 is 0.935 bits per heavy atom. The molecule has 3 aromatic carbocycles. The number of Topliss-reactive ketones (excluding diaryl/α,β-unsaturated/α-hetero) is 1. The number of nitrogens with zero attached hydrogens (tertiary/aromatic N) is 2. The zero-order valence-corrected chi connectivity index (χ0v) is 16.7. The number of carbonyl (C=O) groups is 2. The van der Waals surface area contributed by atoms with E-state index in [1.807, 2.05) is 31.2 Å². The molecular weight excluding hydrogens is 394 g/mol. The highest BCUT2D eigenvalue weighted by molar-refractivity contribution is 6.10. The van der Waals surface area contributed by atoms with Gasteiger partial charge in [0, 0.05) is 22.2 Å². The largest absolute Gasteiger partial charge is 0.508 e. The Bertz CT molecular complexity index is 1290. The number of phenols is 1. The maximum atomic E-state index is 12.7. The number of aromatic amines is 1. The number of benzene rings is 3. The fourth-order valence-corrected chi connectivity index (χ4v) is 3.28. The van der Waals surface area contributed by atoms with Crippen LogP contribution < -0.4 is 0 Å². The zero-order chi connectivity index (χ0) is 21.8. The smallest absolute Gasteiger partial charge is 0.340 e. The number of hydrogen-bond donors (Lipinski definition) is 2. The number of nitrogens with one attached hydrogen (secondary N) is 1. The molecule has 0 atom stereocenters. The van der Waals surface area contributed by atoms with E-state index >= 15 is 0 Å². The minimum Gasteiger partial charge on any atom is -0.508 e. The highest BCUT2D eigenvalue weighted by atomic mass is 16.5. The van der Waals surface area contributed by atoms with Crippen molar-refractivity contribution in [3.8, 4) is 5.75 Å². The highest BCUT2D eigenvalue weighted by Gasteiger charge is 2.19. The van der Waals surface area contributed by atoms with Gasteiger partial charge in [-0.25, -0.2) is 4.79 Å². The van der Waals surface area contributed by atoms with Crippen LogP contribution in [-0.4, -0.2) is 28.4 Å². The van der Waals surface area contributed by atoms with Gasteiger partial charge in [-0.05, 0) is 49.4 Å². The first-order valence-corrected chi connectivity index (χ1v) is 9.60. The van der Waals surface area contributed by atoms with Gasteiger partial charge in [-0.2, -0.15) is 5.11 Å². The molecule has 0 fully saturated rings. The Labute approximate surface area is 178 Å². The summed E-state index contributed by atoms with van der Waals surface area (Å²) in [4.78, 5) is 28.5. The first-order valence-electron chi connectivity index (χ1n) is 9.60. The van der Waals surface area contributed by atoms with Crippen molar-refractivity contribution >= 4 is 34.0 Å². The Kier molecular flexibility index (Phi) is 5.57. The summed E-state index contributed by atoms with van der Waals surface area (Å²) >= 11 is 0. The van der Waals surface area contributed by atoms with E-state index in [-0.39, 0.29) is 23.7 Å². The van der Waals surface area contributed by atoms with Crippen LogP contribution in [0.2, 0.25) is 0 Å². The van der Waals surface area contributed by atoms with Gasteiger partial charge in [-0.3, -0.25) is 4.79 Å². The van der Waals surface area contributed by atoms with Gasteiger partial charge in [0.1, 0.15) is 11.4 Å². The minimum atomic E-state index is -0.661. The summed E-state index contributed by atoms with van der Waals surface area (Å²) in [5.41, 5.74) is 3.14. The number of para-hydroxylation sites is 1. The van der Waals surface area contributed by atoms with Crippen LogP contribution in [0.3, 0.4) is 0 Å². The molecule has 0 spiro atoms. The summed E-state index contributed by atoms with van der Waals surface area (Å²) in [5.74, 6) is -0.823. The molecular formula is C24H19N3O4. The summed E-state index contributed by atoms with van der Waals surface area (Å²) in [7, 11) is 0. The van der Waals surface area contributed by atoms with E-state index in [0.717, 1.165) is 16.6 Å². The lowest BCUT2D eigenvalue weighted by Crippen LogP contribution is -2.15. The second-order valence-corrected chi connectivity index (χ2v) is 6.90. The van der Waals surface area contributed by atoms with E-state index in [1.165, 1.54) is 12.1 Å². The third-order valence-electron chi connectivity index (χ3n) is 4.75. The molecule has 0 saturated heterocycles. The van der Waals surface area contributed by atoms with Gasteiger partial charge in [0.15, 0.2) is 6.61 Å². The first kappa shape index (κ1) is 20.0. The molecule has 4 rings (SSSR count). The van der Waals surface area contributed by atoms with Crippen molar-refractivity contribution in [2.45, 2.75) is 6.92 Å². The molecule has 0 saturated carbocycles. The van der Waals surface area contributed by atoms with Gasteiger partial charge in [0.05, 0.1) is 11.3 Å². The molecule has 2 N–H and O–H groups in total. The van der Waals surface area contributed by atoms with Crippen LogP contribution >= 0.6 is 0 Å². The number of ether oxygens (including phenoxy) is 1. The number of aromatic hydroxyl groups is 1. The lowest BCUT2D eigenvalue weighted by Gasteiger charge is -2.06. The number of aromatic nitrogens is 1. The number of aryl methyl sites for hydroxylation is 1.